The maximum Gasteiger partial charge on any atom is 0.333 e. The largest absolute Gasteiger partial charge is 0.478 e. The molecule has 1 N–H and O–H groups in total. The van der Waals surface area contributed by atoms with Crippen molar-refractivity contribution in [2.24, 2.45) is 0 Å². The lowest BCUT2D eigenvalue weighted by Crippen LogP contribution is -2.23. The molecule has 166 valence electrons. The summed E-state index contributed by atoms with van der Waals surface area (Å²) in [6.45, 7) is 23.9. The van der Waals surface area contributed by atoms with Crippen LogP contribution in [0.1, 0.15) is 41.5 Å². The second-order valence-corrected chi connectivity index (χ2v) is 6.05. The monoisotopic (exact) mass is 414 g/mol. The first-order valence-electron chi connectivity index (χ1n) is 8.36. The maximum atomic E-state index is 10.8. The van der Waals surface area contributed by atoms with Gasteiger partial charge in [0, 0.05) is 23.3 Å². The molecule has 0 aliphatic rings. The van der Waals surface area contributed by atoms with Gasteiger partial charge in [-0.15, -0.1) is 0 Å². The van der Waals surface area contributed by atoms with Crippen LogP contribution in [0.5, 0.6) is 0 Å². The van der Waals surface area contributed by atoms with Crippen LogP contribution in [0, 0.1) is 0 Å². The summed E-state index contributed by atoms with van der Waals surface area (Å²) >= 11 is 0. The van der Waals surface area contributed by atoms with Crippen molar-refractivity contribution >= 4 is 23.9 Å². The van der Waals surface area contributed by atoms with E-state index in [1.54, 1.807) is 20.8 Å². The molecule has 0 aliphatic heterocycles. The average molecular weight is 414 g/mol. The SMILES string of the molecule is C=C(C)C(=O)OC.C=C(C)C(=O)OC(C)(C)C.C=CC(=O)O.C=CC(=O)OCC. The molecule has 0 aromatic rings. The van der Waals surface area contributed by atoms with Crippen molar-refractivity contribution in [3.05, 3.63) is 49.6 Å². The Hall–Kier alpha value is -3.16. The molecule has 0 aliphatic carbocycles. The fraction of sp³-hybridized carbons (Fsp3) is 0.429. The highest BCUT2D eigenvalue weighted by atomic mass is 16.6. The minimum Gasteiger partial charge on any atom is -0.478 e. The number of rotatable bonds is 5. The summed E-state index contributed by atoms with van der Waals surface area (Å²) in [4.78, 5) is 40.3. The van der Waals surface area contributed by atoms with E-state index in [0.717, 1.165) is 12.2 Å². The molecule has 0 amide bonds. The minimum absolute atomic E-state index is 0.326. The molecule has 0 rings (SSSR count). The summed E-state index contributed by atoms with van der Waals surface area (Å²) in [6.07, 6.45) is 1.98. The van der Waals surface area contributed by atoms with E-state index in [0.29, 0.717) is 17.8 Å². The lowest BCUT2D eigenvalue weighted by molar-refractivity contribution is -0.149. The lowest BCUT2D eigenvalue weighted by atomic mass is 10.2. The first-order valence-corrected chi connectivity index (χ1v) is 8.36. The van der Waals surface area contributed by atoms with E-state index in [1.165, 1.54) is 7.11 Å². The van der Waals surface area contributed by atoms with Crippen molar-refractivity contribution in [2.75, 3.05) is 13.7 Å². The van der Waals surface area contributed by atoms with Gasteiger partial charge >= 0.3 is 23.9 Å². The van der Waals surface area contributed by atoms with Gasteiger partial charge in [0.25, 0.3) is 0 Å². The summed E-state index contributed by atoms with van der Waals surface area (Å²) in [5.74, 6) is -2.01. The van der Waals surface area contributed by atoms with Gasteiger partial charge in [-0.3, -0.25) is 0 Å². The minimum atomic E-state index is -0.981. The van der Waals surface area contributed by atoms with Crippen LogP contribution in [0.2, 0.25) is 0 Å². The molecule has 8 nitrogen and oxygen atoms in total. The Morgan fingerprint density at radius 2 is 1.31 bits per heavy atom. The lowest BCUT2D eigenvalue weighted by Gasteiger charge is -2.19. The summed E-state index contributed by atoms with van der Waals surface area (Å²) in [7, 11) is 1.33. The molecule has 0 heterocycles. The van der Waals surface area contributed by atoms with Gasteiger partial charge in [-0.05, 0) is 41.5 Å². The number of carboxylic acids is 1. The van der Waals surface area contributed by atoms with Crippen LogP contribution in [-0.4, -0.2) is 48.3 Å². The molecule has 0 fully saturated rings. The Kier molecular flexibility index (Phi) is 22.6. The Bertz CT molecular complexity index is 578. The molecule has 0 aromatic carbocycles. The van der Waals surface area contributed by atoms with E-state index in [-0.39, 0.29) is 17.9 Å². The van der Waals surface area contributed by atoms with E-state index < -0.39 is 11.6 Å². The van der Waals surface area contributed by atoms with Gasteiger partial charge in [-0.1, -0.05) is 26.3 Å². The van der Waals surface area contributed by atoms with Crippen LogP contribution in [0.25, 0.3) is 0 Å². The number of hydrogen-bond acceptors (Lipinski definition) is 7. The smallest absolute Gasteiger partial charge is 0.333 e. The van der Waals surface area contributed by atoms with Crippen molar-refractivity contribution < 1.29 is 38.5 Å². The van der Waals surface area contributed by atoms with Crippen molar-refractivity contribution in [3.8, 4) is 0 Å². The van der Waals surface area contributed by atoms with Crippen molar-refractivity contribution in [1.82, 2.24) is 0 Å². The fourth-order valence-electron chi connectivity index (χ4n) is 0.741. The number of esters is 3. The number of carbonyl (C=O) groups excluding carboxylic acids is 3. The molecule has 0 atom stereocenters. The highest BCUT2D eigenvalue weighted by Crippen LogP contribution is 2.09. The zero-order valence-corrected chi connectivity index (χ0v) is 18.5. The summed E-state index contributed by atoms with van der Waals surface area (Å²) in [5.41, 5.74) is 0.466. The topological polar surface area (TPSA) is 116 Å². The van der Waals surface area contributed by atoms with Gasteiger partial charge in [0.05, 0.1) is 13.7 Å². The number of methoxy groups -OCH3 is 1. The van der Waals surface area contributed by atoms with Crippen molar-refractivity contribution in [2.45, 2.75) is 47.1 Å². The predicted molar refractivity (Wildman–Crippen MR) is 112 cm³/mol. The third kappa shape index (κ3) is 36.5. The first kappa shape index (κ1) is 33.4. The Labute approximate surface area is 173 Å². The number of carbonyl (C=O) groups is 4. The molecule has 0 unspecified atom stereocenters. The summed E-state index contributed by atoms with van der Waals surface area (Å²) in [5, 5.41) is 7.60. The number of ether oxygens (including phenoxy) is 3. The summed E-state index contributed by atoms with van der Waals surface area (Å²) < 4.78 is 13.7. The number of aliphatic carboxylic acids is 1. The van der Waals surface area contributed by atoms with Crippen LogP contribution < -0.4 is 0 Å². The van der Waals surface area contributed by atoms with Gasteiger partial charge in [-0.25, -0.2) is 19.2 Å². The van der Waals surface area contributed by atoms with Gasteiger partial charge in [0.2, 0.25) is 0 Å². The van der Waals surface area contributed by atoms with Crippen molar-refractivity contribution in [1.29, 1.82) is 0 Å². The summed E-state index contributed by atoms with van der Waals surface area (Å²) in [6, 6.07) is 0. The van der Waals surface area contributed by atoms with Crippen LogP contribution in [0.4, 0.5) is 0 Å². The van der Waals surface area contributed by atoms with E-state index in [4.69, 9.17) is 9.84 Å². The van der Waals surface area contributed by atoms with Crippen LogP contribution in [0.15, 0.2) is 49.6 Å². The highest BCUT2D eigenvalue weighted by molar-refractivity contribution is 5.87. The fourth-order valence-corrected chi connectivity index (χ4v) is 0.741. The highest BCUT2D eigenvalue weighted by Gasteiger charge is 2.15. The third-order valence-corrected chi connectivity index (χ3v) is 1.91. The zero-order chi connectivity index (χ0) is 24.2. The van der Waals surface area contributed by atoms with E-state index in [2.05, 4.69) is 35.8 Å². The molecule has 0 aromatic heterocycles. The molecular weight excluding hydrogens is 380 g/mol. The molecular formula is C21H34O8. The Morgan fingerprint density at radius 1 is 0.931 bits per heavy atom. The Morgan fingerprint density at radius 3 is 1.38 bits per heavy atom. The maximum absolute atomic E-state index is 10.8. The quantitative estimate of drug-likeness (QED) is 0.412. The van der Waals surface area contributed by atoms with Gasteiger partial charge in [-0.2, -0.15) is 0 Å². The van der Waals surface area contributed by atoms with Crippen molar-refractivity contribution in [3.63, 3.8) is 0 Å². The van der Waals surface area contributed by atoms with Crippen LogP contribution in [0.3, 0.4) is 0 Å². The molecule has 0 bridgehead atoms. The van der Waals surface area contributed by atoms with E-state index in [1.807, 2.05) is 20.8 Å². The number of carboxylic acid groups (broad SMARTS) is 1. The van der Waals surface area contributed by atoms with E-state index >= 15 is 0 Å². The van der Waals surface area contributed by atoms with Crippen LogP contribution >= 0.6 is 0 Å². The second-order valence-electron chi connectivity index (χ2n) is 6.05. The van der Waals surface area contributed by atoms with E-state index in [9.17, 15) is 19.2 Å². The molecule has 0 saturated heterocycles. The molecule has 0 spiro atoms. The first-order chi connectivity index (χ1) is 13.1. The standard InChI is InChI=1S/C8H14O2.2C5H8O2.C3H4O2/c1-6(2)7(9)10-8(3,4)5;1-4(2)5(6)7-3;1-3-5(6)7-4-2;1-2-3(4)5/h1H2,2-5H3;1H2,2-3H3;3H,1,4H2,2H3;2H,1H2,(H,4,5). The second kappa shape index (κ2) is 19.6. The number of hydrogen-bond donors (Lipinski definition) is 1. The molecule has 8 heteroatoms. The van der Waals surface area contributed by atoms with Gasteiger partial charge < -0.3 is 19.3 Å². The third-order valence-electron chi connectivity index (χ3n) is 1.91. The Balaban J connectivity index is -0.000000148. The van der Waals surface area contributed by atoms with Gasteiger partial charge in [0.15, 0.2) is 0 Å². The predicted octanol–water partition coefficient (Wildman–Crippen LogP) is 3.63. The molecule has 0 radical (unpaired) electrons. The zero-order valence-electron chi connectivity index (χ0n) is 18.5. The van der Waals surface area contributed by atoms with Crippen LogP contribution in [-0.2, 0) is 33.4 Å². The normalized spacial score (nSPS) is 8.52. The molecule has 0 saturated carbocycles. The molecule has 29 heavy (non-hydrogen) atoms. The van der Waals surface area contributed by atoms with Gasteiger partial charge in [0.1, 0.15) is 5.60 Å². The average Bonchev–Trinajstić information content (AvgIpc) is 2.61.